The van der Waals surface area contributed by atoms with E-state index in [9.17, 15) is 4.79 Å². The highest BCUT2D eigenvalue weighted by Crippen LogP contribution is 2.73. The van der Waals surface area contributed by atoms with Crippen molar-refractivity contribution in [3.05, 3.63) is 59.2 Å². The maximum Gasteiger partial charge on any atom is 0.325 e. The molecule has 1 unspecified atom stereocenters. The summed E-state index contributed by atoms with van der Waals surface area (Å²) in [6, 6.07) is 15.0. The van der Waals surface area contributed by atoms with Crippen LogP contribution in [0.25, 0.3) is 0 Å². The maximum atomic E-state index is 12.6. The topological polar surface area (TPSA) is 48.0 Å². The van der Waals surface area contributed by atoms with Crippen molar-refractivity contribution < 1.29 is 19.3 Å². The predicted octanol–water partition coefficient (Wildman–Crippen LogP) is 5.41. The van der Waals surface area contributed by atoms with Gasteiger partial charge < -0.3 is 9.64 Å². The molecule has 1 saturated heterocycles. The van der Waals surface area contributed by atoms with Gasteiger partial charge in [0.25, 0.3) is 0 Å². The molecule has 5 fully saturated rings. The van der Waals surface area contributed by atoms with Crippen molar-refractivity contribution in [3.8, 4) is 0 Å². The Balaban J connectivity index is 1.44. The summed E-state index contributed by atoms with van der Waals surface area (Å²) in [5, 5.41) is 0. The summed E-state index contributed by atoms with van der Waals surface area (Å²) >= 11 is 0. The molecular formula is C28H31NO4. The highest BCUT2D eigenvalue weighted by molar-refractivity contribution is 5.86. The molecule has 0 amide bonds. The van der Waals surface area contributed by atoms with Crippen molar-refractivity contribution in [2.24, 2.45) is 23.7 Å². The molecule has 0 N–H and O–H groups in total. The van der Waals surface area contributed by atoms with Gasteiger partial charge in [-0.15, -0.1) is 0 Å². The molecule has 2 aliphatic heterocycles. The molecule has 0 aromatic heterocycles. The summed E-state index contributed by atoms with van der Waals surface area (Å²) < 4.78 is 5.34. The summed E-state index contributed by atoms with van der Waals surface area (Å²) in [5.74, 6) is 2.50. The zero-order valence-corrected chi connectivity index (χ0v) is 19.4. The van der Waals surface area contributed by atoms with E-state index in [-0.39, 0.29) is 18.1 Å². The van der Waals surface area contributed by atoms with Crippen molar-refractivity contribution in [2.45, 2.75) is 57.2 Å². The van der Waals surface area contributed by atoms with Gasteiger partial charge >= 0.3 is 5.97 Å². The molecule has 8 rings (SSSR count). The van der Waals surface area contributed by atoms with Crippen LogP contribution in [-0.2, 0) is 24.9 Å². The summed E-state index contributed by atoms with van der Waals surface area (Å²) in [7, 11) is 0. The van der Waals surface area contributed by atoms with Crippen LogP contribution in [0.1, 0.15) is 55.7 Å². The molecule has 2 aromatic carbocycles. The van der Waals surface area contributed by atoms with E-state index in [4.69, 9.17) is 14.5 Å². The summed E-state index contributed by atoms with van der Waals surface area (Å²) in [6.45, 7) is 4.55. The van der Waals surface area contributed by atoms with Gasteiger partial charge in [-0.25, -0.2) is 9.78 Å². The molecular weight excluding hydrogens is 414 g/mol. The number of carbonyl (C=O) groups excluding carboxylic acids is 1. The Labute approximate surface area is 194 Å². The molecule has 4 saturated carbocycles. The number of esters is 1. The van der Waals surface area contributed by atoms with E-state index in [1.54, 1.807) is 0 Å². The van der Waals surface area contributed by atoms with Gasteiger partial charge in [-0.3, -0.25) is 4.79 Å². The molecule has 6 aliphatic rings. The lowest BCUT2D eigenvalue weighted by molar-refractivity contribution is -0.583. The van der Waals surface area contributed by atoms with E-state index in [1.165, 1.54) is 37.7 Å². The Morgan fingerprint density at radius 1 is 0.970 bits per heavy atom. The first-order valence-corrected chi connectivity index (χ1v) is 12.6. The van der Waals surface area contributed by atoms with Gasteiger partial charge in [-0.1, -0.05) is 35.9 Å². The quantitative estimate of drug-likeness (QED) is 0.467. The minimum atomic E-state index is -0.626. The average molecular weight is 446 g/mol. The fourth-order valence-corrected chi connectivity index (χ4v) is 8.28. The SMILES string of the molecule is CCOC(=O)CN1c2ccccc2C2(OOC23C2CC4CC(C2)CC3C4)c2cc(C)ccc21. The fourth-order valence-electron chi connectivity index (χ4n) is 8.28. The normalized spacial score (nSPS) is 37.1. The summed E-state index contributed by atoms with van der Waals surface area (Å²) in [4.78, 5) is 27.5. The lowest BCUT2D eigenvalue weighted by atomic mass is 9.44. The summed E-state index contributed by atoms with van der Waals surface area (Å²) in [5.41, 5.74) is 4.57. The van der Waals surface area contributed by atoms with Crippen LogP contribution in [0.2, 0.25) is 0 Å². The molecule has 2 aromatic rings. The van der Waals surface area contributed by atoms with E-state index >= 15 is 0 Å². The van der Waals surface area contributed by atoms with Crippen molar-refractivity contribution >= 4 is 17.3 Å². The monoisotopic (exact) mass is 445 g/mol. The smallest absolute Gasteiger partial charge is 0.325 e. The number of fused-ring (bicyclic) bond motifs is 4. The molecule has 4 aliphatic carbocycles. The standard InChI is InChI=1S/C28H31NO4/c1-3-31-26(30)16-29-24-7-5-4-6-22(24)28(23-10-17(2)8-9-25(23)29)27(32-33-28)20-12-18-11-19(14-20)15-21(27)13-18/h4-10,18-21H,3,11-16H2,1-2H3. The molecule has 4 bridgehead atoms. The van der Waals surface area contributed by atoms with Crippen LogP contribution in [0, 0.1) is 30.6 Å². The van der Waals surface area contributed by atoms with E-state index in [0.29, 0.717) is 18.4 Å². The van der Waals surface area contributed by atoms with Crippen LogP contribution in [0.5, 0.6) is 0 Å². The average Bonchev–Trinajstić information content (AvgIpc) is 2.78. The Hall–Kier alpha value is -2.37. The van der Waals surface area contributed by atoms with E-state index in [2.05, 4.69) is 48.2 Å². The number of ether oxygens (including phenoxy) is 1. The number of hydrogen-bond donors (Lipinski definition) is 0. The Morgan fingerprint density at radius 3 is 2.33 bits per heavy atom. The van der Waals surface area contributed by atoms with E-state index < -0.39 is 5.60 Å². The molecule has 5 heteroatoms. The van der Waals surface area contributed by atoms with Gasteiger partial charge in [0.1, 0.15) is 12.1 Å². The van der Waals surface area contributed by atoms with E-state index in [0.717, 1.165) is 34.3 Å². The molecule has 33 heavy (non-hydrogen) atoms. The van der Waals surface area contributed by atoms with Crippen LogP contribution in [0.3, 0.4) is 0 Å². The highest BCUT2D eigenvalue weighted by atomic mass is 17.3. The second-order valence-corrected chi connectivity index (χ2v) is 10.9. The molecule has 2 spiro atoms. The fraction of sp³-hybridized carbons (Fsp3) is 0.536. The third-order valence-electron chi connectivity index (χ3n) is 9.19. The maximum absolute atomic E-state index is 12.6. The van der Waals surface area contributed by atoms with Gasteiger partial charge in [-0.2, -0.15) is 0 Å². The third-order valence-corrected chi connectivity index (χ3v) is 9.19. The first-order chi connectivity index (χ1) is 16.1. The van der Waals surface area contributed by atoms with Gasteiger partial charge in [0.15, 0.2) is 5.60 Å². The first-order valence-electron chi connectivity index (χ1n) is 12.6. The molecule has 1 atom stereocenters. The number of para-hydroxylation sites is 1. The van der Waals surface area contributed by atoms with Crippen LogP contribution in [-0.4, -0.2) is 24.7 Å². The number of anilines is 2. The minimum absolute atomic E-state index is 0.182. The number of aryl methyl sites for hydroxylation is 1. The second kappa shape index (κ2) is 6.83. The minimum Gasteiger partial charge on any atom is -0.465 e. The number of nitrogens with zero attached hydrogens (tertiary/aromatic N) is 1. The van der Waals surface area contributed by atoms with Gasteiger partial charge in [0, 0.05) is 22.5 Å². The number of rotatable bonds is 3. The van der Waals surface area contributed by atoms with Crippen LogP contribution < -0.4 is 4.90 Å². The molecule has 2 heterocycles. The Morgan fingerprint density at radius 2 is 1.67 bits per heavy atom. The van der Waals surface area contributed by atoms with Crippen LogP contribution >= 0.6 is 0 Å². The molecule has 5 nitrogen and oxygen atoms in total. The lowest BCUT2D eigenvalue weighted by Crippen LogP contribution is -2.76. The Kier molecular flexibility index (Phi) is 4.15. The first kappa shape index (κ1) is 20.0. The van der Waals surface area contributed by atoms with Crippen LogP contribution in [0.15, 0.2) is 42.5 Å². The Bertz CT molecular complexity index is 1110. The number of carbonyl (C=O) groups is 1. The third kappa shape index (κ3) is 2.42. The highest BCUT2D eigenvalue weighted by Gasteiger charge is 2.77. The van der Waals surface area contributed by atoms with Crippen LogP contribution in [0.4, 0.5) is 11.4 Å². The number of hydrogen-bond acceptors (Lipinski definition) is 5. The van der Waals surface area contributed by atoms with Gasteiger partial charge in [0.2, 0.25) is 0 Å². The second-order valence-electron chi connectivity index (χ2n) is 10.9. The predicted molar refractivity (Wildman–Crippen MR) is 124 cm³/mol. The number of benzene rings is 2. The van der Waals surface area contributed by atoms with E-state index in [1.807, 2.05) is 13.0 Å². The lowest BCUT2D eigenvalue weighted by Gasteiger charge is -2.71. The summed E-state index contributed by atoms with van der Waals surface area (Å²) in [6.07, 6.45) is 6.38. The zero-order valence-electron chi connectivity index (χ0n) is 19.4. The van der Waals surface area contributed by atoms with Crippen molar-refractivity contribution in [1.29, 1.82) is 0 Å². The molecule has 172 valence electrons. The largest absolute Gasteiger partial charge is 0.465 e. The van der Waals surface area contributed by atoms with Crippen molar-refractivity contribution in [2.75, 3.05) is 18.1 Å². The van der Waals surface area contributed by atoms with Crippen molar-refractivity contribution in [3.63, 3.8) is 0 Å². The molecule has 0 radical (unpaired) electrons. The van der Waals surface area contributed by atoms with Gasteiger partial charge in [0.05, 0.1) is 6.61 Å². The zero-order chi connectivity index (χ0) is 22.4. The van der Waals surface area contributed by atoms with Gasteiger partial charge in [-0.05, 0) is 81.8 Å². The van der Waals surface area contributed by atoms with Crippen molar-refractivity contribution in [1.82, 2.24) is 0 Å².